The molecule has 3 rings (SSSR count). The minimum Gasteiger partial charge on any atom is -0.494 e. The zero-order valence-corrected chi connectivity index (χ0v) is 11.1. The summed E-state index contributed by atoms with van der Waals surface area (Å²) in [5.74, 6) is 1.23. The Labute approximate surface area is 115 Å². The molecule has 0 saturated carbocycles. The smallest absolute Gasteiger partial charge is 0.316 e. The molecule has 1 fully saturated rings. The minimum absolute atomic E-state index is 0.0753. The van der Waals surface area contributed by atoms with Gasteiger partial charge in [0.1, 0.15) is 6.10 Å². The van der Waals surface area contributed by atoms with Crippen LogP contribution in [0.25, 0.3) is 0 Å². The molecular formula is C12H15N5O3. The molecule has 8 nitrogen and oxygen atoms in total. The molecule has 8 heteroatoms. The van der Waals surface area contributed by atoms with Crippen LogP contribution in [0.1, 0.15) is 12.3 Å². The topological polar surface area (TPSA) is 86.4 Å². The zero-order chi connectivity index (χ0) is 13.8. The van der Waals surface area contributed by atoms with E-state index in [1.807, 2.05) is 0 Å². The lowest BCUT2D eigenvalue weighted by atomic mass is 10.3. The van der Waals surface area contributed by atoms with E-state index in [9.17, 15) is 0 Å². The largest absolute Gasteiger partial charge is 0.494 e. The second kappa shape index (κ2) is 5.83. The summed E-state index contributed by atoms with van der Waals surface area (Å²) >= 11 is 0. The molecule has 1 saturated heterocycles. The van der Waals surface area contributed by atoms with Crippen molar-refractivity contribution in [2.75, 3.05) is 20.2 Å². The van der Waals surface area contributed by atoms with Gasteiger partial charge in [0, 0.05) is 13.1 Å². The molecule has 1 aliphatic heterocycles. The van der Waals surface area contributed by atoms with E-state index in [1.54, 1.807) is 19.5 Å². The molecule has 0 radical (unpaired) electrons. The Morgan fingerprint density at radius 3 is 2.95 bits per heavy atom. The fourth-order valence-corrected chi connectivity index (χ4v) is 2.11. The Hall–Kier alpha value is -2.22. The maximum absolute atomic E-state index is 5.74. The van der Waals surface area contributed by atoms with E-state index in [0.717, 1.165) is 19.5 Å². The number of likely N-dealkylation sites (tertiary alicyclic amines) is 1. The SMILES string of the molecule is COc1cnc(OC2CCN(Cc3nnco3)C2)nc1. The van der Waals surface area contributed by atoms with Gasteiger partial charge < -0.3 is 13.9 Å². The highest BCUT2D eigenvalue weighted by Crippen LogP contribution is 2.17. The van der Waals surface area contributed by atoms with Crippen molar-refractivity contribution in [3.8, 4) is 11.8 Å². The highest BCUT2D eigenvalue weighted by Gasteiger charge is 2.25. The molecule has 0 spiro atoms. The zero-order valence-electron chi connectivity index (χ0n) is 11.1. The Kier molecular flexibility index (Phi) is 3.73. The fraction of sp³-hybridized carbons (Fsp3) is 0.500. The number of nitrogens with zero attached hydrogens (tertiary/aromatic N) is 5. The van der Waals surface area contributed by atoms with Gasteiger partial charge in [0.15, 0.2) is 5.75 Å². The van der Waals surface area contributed by atoms with Crippen LogP contribution in [0.5, 0.6) is 11.8 Å². The van der Waals surface area contributed by atoms with Crippen LogP contribution in [0.2, 0.25) is 0 Å². The van der Waals surface area contributed by atoms with Crippen molar-refractivity contribution in [1.29, 1.82) is 0 Å². The summed E-state index contributed by atoms with van der Waals surface area (Å²) in [6.45, 7) is 2.35. The predicted molar refractivity (Wildman–Crippen MR) is 67.2 cm³/mol. The molecule has 1 aliphatic rings. The lowest BCUT2D eigenvalue weighted by Crippen LogP contribution is -2.25. The van der Waals surface area contributed by atoms with Crippen molar-refractivity contribution in [1.82, 2.24) is 25.1 Å². The van der Waals surface area contributed by atoms with Crippen LogP contribution in [0.4, 0.5) is 0 Å². The van der Waals surface area contributed by atoms with Gasteiger partial charge in [-0.2, -0.15) is 9.97 Å². The first-order valence-corrected chi connectivity index (χ1v) is 6.33. The van der Waals surface area contributed by atoms with Crippen LogP contribution in [0.3, 0.4) is 0 Å². The number of ether oxygens (including phenoxy) is 2. The quantitative estimate of drug-likeness (QED) is 0.782. The summed E-state index contributed by atoms with van der Waals surface area (Å²) in [4.78, 5) is 10.4. The summed E-state index contributed by atoms with van der Waals surface area (Å²) < 4.78 is 15.9. The fourth-order valence-electron chi connectivity index (χ4n) is 2.11. The molecule has 0 N–H and O–H groups in total. The summed E-state index contributed by atoms with van der Waals surface area (Å²) in [5, 5.41) is 7.53. The van der Waals surface area contributed by atoms with Crippen LogP contribution >= 0.6 is 0 Å². The Bertz CT molecular complexity index is 531. The van der Waals surface area contributed by atoms with Crippen LogP contribution < -0.4 is 9.47 Å². The van der Waals surface area contributed by atoms with Gasteiger partial charge in [0.2, 0.25) is 12.3 Å². The standard InChI is InChI=1S/C12H15N5O3/c1-18-10-4-13-12(14-5-10)20-9-2-3-17(6-9)7-11-16-15-8-19-11/h4-5,8-9H,2-3,6-7H2,1H3. The van der Waals surface area contributed by atoms with Crippen molar-refractivity contribution in [2.24, 2.45) is 0 Å². The molecular weight excluding hydrogens is 262 g/mol. The number of hydrogen-bond donors (Lipinski definition) is 0. The van der Waals surface area contributed by atoms with E-state index in [1.165, 1.54) is 6.39 Å². The average Bonchev–Trinajstić information content (AvgIpc) is 3.12. The van der Waals surface area contributed by atoms with Gasteiger partial charge in [-0.15, -0.1) is 10.2 Å². The van der Waals surface area contributed by atoms with Gasteiger partial charge >= 0.3 is 6.01 Å². The summed E-state index contributed by atoms with van der Waals surface area (Å²) in [6, 6.07) is 0.371. The van der Waals surface area contributed by atoms with Gasteiger partial charge in [-0.3, -0.25) is 4.90 Å². The lowest BCUT2D eigenvalue weighted by molar-refractivity contribution is 0.179. The van der Waals surface area contributed by atoms with Gasteiger partial charge in [-0.05, 0) is 6.42 Å². The van der Waals surface area contributed by atoms with Crippen molar-refractivity contribution >= 4 is 0 Å². The molecule has 3 heterocycles. The molecule has 106 valence electrons. The molecule has 0 aromatic carbocycles. The monoisotopic (exact) mass is 277 g/mol. The highest BCUT2D eigenvalue weighted by atomic mass is 16.5. The first-order valence-electron chi connectivity index (χ1n) is 6.33. The van der Waals surface area contributed by atoms with E-state index in [2.05, 4.69) is 25.1 Å². The third kappa shape index (κ3) is 3.02. The number of aromatic nitrogens is 4. The van der Waals surface area contributed by atoms with Crippen molar-refractivity contribution in [3.63, 3.8) is 0 Å². The Morgan fingerprint density at radius 1 is 1.40 bits per heavy atom. The second-order valence-corrected chi connectivity index (χ2v) is 4.50. The molecule has 0 aliphatic carbocycles. The van der Waals surface area contributed by atoms with E-state index >= 15 is 0 Å². The average molecular weight is 277 g/mol. The molecule has 1 unspecified atom stereocenters. The normalized spacial score (nSPS) is 19.1. The summed E-state index contributed by atoms with van der Waals surface area (Å²) in [5.41, 5.74) is 0. The van der Waals surface area contributed by atoms with Gasteiger partial charge in [0.25, 0.3) is 0 Å². The number of rotatable bonds is 5. The molecule has 1 atom stereocenters. The van der Waals surface area contributed by atoms with Gasteiger partial charge in [-0.1, -0.05) is 0 Å². The van der Waals surface area contributed by atoms with E-state index in [4.69, 9.17) is 13.9 Å². The van der Waals surface area contributed by atoms with Crippen LogP contribution in [-0.2, 0) is 6.54 Å². The minimum atomic E-state index is 0.0753. The van der Waals surface area contributed by atoms with Crippen LogP contribution in [0.15, 0.2) is 23.2 Å². The maximum atomic E-state index is 5.74. The van der Waals surface area contributed by atoms with Gasteiger partial charge in [0.05, 0.1) is 26.0 Å². The van der Waals surface area contributed by atoms with E-state index in [-0.39, 0.29) is 6.10 Å². The van der Waals surface area contributed by atoms with E-state index < -0.39 is 0 Å². The first kappa shape index (κ1) is 12.8. The third-order valence-electron chi connectivity index (χ3n) is 3.11. The molecule has 2 aromatic rings. The van der Waals surface area contributed by atoms with Crippen molar-refractivity contribution in [3.05, 3.63) is 24.7 Å². The Balaban J connectivity index is 1.51. The second-order valence-electron chi connectivity index (χ2n) is 4.50. The highest BCUT2D eigenvalue weighted by molar-refractivity contribution is 5.13. The predicted octanol–water partition coefficient (Wildman–Crippen LogP) is 0.521. The molecule has 0 amide bonds. The summed E-state index contributed by atoms with van der Waals surface area (Å²) in [6.07, 6.45) is 5.51. The number of methoxy groups -OCH3 is 1. The molecule has 0 bridgehead atoms. The summed E-state index contributed by atoms with van der Waals surface area (Å²) in [7, 11) is 1.57. The number of hydrogen-bond acceptors (Lipinski definition) is 8. The Morgan fingerprint density at radius 2 is 2.25 bits per heavy atom. The van der Waals surface area contributed by atoms with E-state index in [0.29, 0.717) is 24.2 Å². The molecule has 2 aromatic heterocycles. The van der Waals surface area contributed by atoms with Crippen molar-refractivity contribution < 1.29 is 13.9 Å². The molecule has 20 heavy (non-hydrogen) atoms. The third-order valence-corrected chi connectivity index (χ3v) is 3.11. The van der Waals surface area contributed by atoms with Crippen LogP contribution in [-0.4, -0.2) is 51.4 Å². The van der Waals surface area contributed by atoms with Gasteiger partial charge in [-0.25, -0.2) is 0 Å². The first-order chi connectivity index (χ1) is 9.83. The lowest BCUT2D eigenvalue weighted by Gasteiger charge is -2.14. The van der Waals surface area contributed by atoms with Crippen LogP contribution in [0, 0.1) is 0 Å². The maximum Gasteiger partial charge on any atom is 0.316 e. The van der Waals surface area contributed by atoms with Crippen molar-refractivity contribution in [2.45, 2.75) is 19.1 Å².